The van der Waals surface area contributed by atoms with Crippen LogP contribution >= 0.6 is 11.3 Å². The number of thiazole rings is 1. The number of aromatic nitrogens is 1. The van der Waals surface area contributed by atoms with E-state index in [4.69, 9.17) is 5.41 Å². The van der Waals surface area contributed by atoms with Crippen molar-refractivity contribution < 1.29 is 33.2 Å². The van der Waals surface area contributed by atoms with Gasteiger partial charge in [-0.15, -0.1) is 11.3 Å². The number of halogens is 2. The van der Waals surface area contributed by atoms with Gasteiger partial charge in [-0.25, -0.2) is 13.6 Å². The van der Waals surface area contributed by atoms with Crippen molar-refractivity contribution >= 4 is 57.2 Å². The summed E-state index contributed by atoms with van der Waals surface area (Å²) in [5, 5.41) is 31.5. The summed E-state index contributed by atoms with van der Waals surface area (Å²) in [6.07, 6.45) is 2.96. The van der Waals surface area contributed by atoms with Crippen LogP contribution in [-0.2, 0) is 27.2 Å². The van der Waals surface area contributed by atoms with Crippen LogP contribution < -0.4 is 21.3 Å². The predicted molar refractivity (Wildman–Crippen MR) is 169 cm³/mol. The number of alkyl halides is 2. The molecule has 1 unspecified atom stereocenters. The molecular weight excluding hydrogens is 634 g/mol. The van der Waals surface area contributed by atoms with Gasteiger partial charge in [0.1, 0.15) is 16.6 Å². The molecule has 1 aliphatic heterocycles. The van der Waals surface area contributed by atoms with E-state index in [2.05, 4.69) is 31.4 Å². The summed E-state index contributed by atoms with van der Waals surface area (Å²) < 4.78 is 27.9. The van der Waals surface area contributed by atoms with E-state index in [1.165, 1.54) is 18.3 Å². The first kappa shape index (κ1) is 32.5. The van der Waals surface area contributed by atoms with Crippen LogP contribution in [0.3, 0.4) is 0 Å². The van der Waals surface area contributed by atoms with Crippen LogP contribution in [0.2, 0.25) is 0 Å². The van der Waals surface area contributed by atoms with E-state index in [0.29, 0.717) is 23.8 Å². The molecule has 2 atom stereocenters. The molecule has 5 amide bonds. The summed E-state index contributed by atoms with van der Waals surface area (Å²) in [6.45, 7) is 2.26. The minimum atomic E-state index is -2.87. The Morgan fingerprint density at radius 1 is 1.15 bits per heavy atom. The molecular formula is C31H36F2N8O5S. The number of nitrogens with zero attached hydrogens (tertiary/aromatic N) is 3. The van der Waals surface area contributed by atoms with Crippen molar-refractivity contribution in [3.8, 4) is 0 Å². The van der Waals surface area contributed by atoms with E-state index in [-0.39, 0.29) is 48.7 Å². The zero-order valence-corrected chi connectivity index (χ0v) is 26.5. The molecule has 2 aromatic rings. The average molecular weight is 671 g/mol. The zero-order chi connectivity index (χ0) is 33.6. The third-order valence-corrected chi connectivity index (χ3v) is 10.5. The summed E-state index contributed by atoms with van der Waals surface area (Å²) in [6, 6.07) is 3.60. The maximum atomic E-state index is 14.0. The monoisotopic (exact) mass is 670 g/mol. The van der Waals surface area contributed by atoms with Crippen LogP contribution in [0.5, 0.6) is 0 Å². The third-order valence-electron chi connectivity index (χ3n) is 9.83. The van der Waals surface area contributed by atoms with Crippen LogP contribution in [-0.4, -0.2) is 80.9 Å². The van der Waals surface area contributed by atoms with Crippen LogP contribution in [0.15, 0.2) is 35.1 Å². The summed E-state index contributed by atoms with van der Waals surface area (Å²) in [5.74, 6) is -5.47. The molecule has 4 aliphatic rings. The van der Waals surface area contributed by atoms with Crippen molar-refractivity contribution in [2.24, 2.45) is 16.5 Å². The number of urea groups is 1. The Kier molecular flexibility index (Phi) is 8.48. The normalized spacial score (nSPS) is 23.8. The van der Waals surface area contributed by atoms with Gasteiger partial charge in [0.15, 0.2) is 5.71 Å². The highest BCUT2D eigenvalue weighted by atomic mass is 32.1. The molecule has 1 aromatic heterocycles. The first-order valence-corrected chi connectivity index (χ1v) is 16.4. The van der Waals surface area contributed by atoms with Crippen molar-refractivity contribution in [2.75, 3.05) is 23.7 Å². The molecule has 1 aromatic carbocycles. The lowest BCUT2D eigenvalue weighted by atomic mass is 9.81. The van der Waals surface area contributed by atoms with Gasteiger partial charge in [0, 0.05) is 49.9 Å². The van der Waals surface area contributed by atoms with E-state index in [0.717, 1.165) is 24.0 Å². The Morgan fingerprint density at radius 3 is 2.51 bits per heavy atom. The minimum absolute atomic E-state index is 0.0263. The van der Waals surface area contributed by atoms with Gasteiger partial charge < -0.3 is 36.8 Å². The SMILES string of the molecule is CC(=N)/C(=N\O)C(=O)N[C@H](C(=O)Nc1ccc2c(c1)CC(C(=O)Nc1cncs1)(N1CC3(CC3)CNC1=O)C2)C1CCC(F)(F)CC1. The number of anilines is 2. The van der Waals surface area contributed by atoms with Crippen LogP contribution in [0.25, 0.3) is 0 Å². The fourth-order valence-electron chi connectivity index (χ4n) is 6.91. The van der Waals surface area contributed by atoms with Gasteiger partial charge >= 0.3 is 6.03 Å². The summed E-state index contributed by atoms with van der Waals surface area (Å²) in [4.78, 5) is 59.5. The van der Waals surface area contributed by atoms with E-state index < -0.39 is 53.8 Å². The molecule has 6 rings (SSSR count). The summed E-state index contributed by atoms with van der Waals surface area (Å²) >= 11 is 1.27. The van der Waals surface area contributed by atoms with Gasteiger partial charge in [0.2, 0.25) is 11.8 Å². The highest BCUT2D eigenvalue weighted by molar-refractivity contribution is 7.14. The van der Waals surface area contributed by atoms with Gasteiger partial charge in [-0.05, 0) is 61.8 Å². The van der Waals surface area contributed by atoms with E-state index in [1.54, 1.807) is 34.8 Å². The number of oxime groups is 1. The number of carbonyl (C=O) groups is 4. The first-order chi connectivity index (χ1) is 22.3. The van der Waals surface area contributed by atoms with Crippen LogP contribution in [0.1, 0.15) is 56.6 Å². The standard InChI is InChI=1S/C31H36F2N8O5S/c1-17(34)23(40-46)25(42)39-24(18-4-6-31(32,33)7-5-18)26(43)37-21-3-2-19-11-30(12-20(19)10-21,27(44)38-22-13-35-16-47-22)41-15-29(8-9-29)14-36-28(41)45/h2-3,10,13,16,18,24,34,46H,4-9,11-12,14-15H2,1H3,(H,36,45)(H,37,43)(H,38,44)(H,39,42)/b34-17?,40-23+/t24-,30?/m0/s1. The fraction of sp³-hybridized carbons (Fsp3) is 0.516. The maximum Gasteiger partial charge on any atom is 0.318 e. The van der Waals surface area contributed by atoms with E-state index in [9.17, 15) is 33.2 Å². The largest absolute Gasteiger partial charge is 0.410 e. The van der Waals surface area contributed by atoms with Crippen molar-refractivity contribution in [1.82, 2.24) is 20.5 Å². The Hall–Kier alpha value is -4.47. The number of hydrogen-bond donors (Lipinski definition) is 6. The number of rotatable bonds is 9. The lowest BCUT2D eigenvalue weighted by Gasteiger charge is -2.44. The van der Waals surface area contributed by atoms with Gasteiger partial charge in [-0.3, -0.25) is 19.4 Å². The van der Waals surface area contributed by atoms with Crippen LogP contribution in [0.4, 0.5) is 24.3 Å². The lowest BCUT2D eigenvalue weighted by Crippen LogP contribution is -2.66. The van der Waals surface area contributed by atoms with Gasteiger partial charge in [-0.1, -0.05) is 11.2 Å². The molecule has 2 saturated carbocycles. The summed E-state index contributed by atoms with van der Waals surface area (Å²) in [5.41, 5.74) is 1.32. The van der Waals surface area contributed by atoms with Crippen molar-refractivity contribution in [3.63, 3.8) is 0 Å². The van der Waals surface area contributed by atoms with Crippen molar-refractivity contribution in [2.45, 2.75) is 75.8 Å². The van der Waals surface area contributed by atoms with Crippen molar-refractivity contribution in [1.29, 1.82) is 5.41 Å². The Balaban J connectivity index is 1.25. The fourth-order valence-corrected chi connectivity index (χ4v) is 7.41. The quantitative estimate of drug-likeness (QED) is 0.134. The molecule has 16 heteroatoms. The lowest BCUT2D eigenvalue weighted by molar-refractivity contribution is -0.127. The predicted octanol–water partition coefficient (Wildman–Crippen LogP) is 3.54. The maximum absolute atomic E-state index is 14.0. The second-order valence-corrected chi connectivity index (χ2v) is 14.0. The van der Waals surface area contributed by atoms with Gasteiger partial charge in [-0.2, -0.15) is 0 Å². The molecule has 0 radical (unpaired) electrons. The van der Waals surface area contributed by atoms with E-state index in [1.807, 2.05) is 0 Å². The molecule has 250 valence electrons. The second-order valence-electron chi connectivity index (χ2n) is 13.1. The average Bonchev–Trinajstić information content (AvgIpc) is 3.38. The molecule has 0 bridgehead atoms. The number of carbonyl (C=O) groups excluding carboxylic acids is 4. The van der Waals surface area contributed by atoms with Crippen LogP contribution in [0, 0.1) is 16.7 Å². The molecule has 1 spiro atoms. The smallest absolute Gasteiger partial charge is 0.318 e. The van der Waals surface area contributed by atoms with Crippen molar-refractivity contribution in [3.05, 3.63) is 41.0 Å². The molecule has 3 fully saturated rings. The second kappa shape index (κ2) is 12.3. The number of hydrogen-bond acceptors (Lipinski definition) is 9. The molecule has 3 aliphatic carbocycles. The van der Waals surface area contributed by atoms with Gasteiger partial charge in [0.05, 0.1) is 17.4 Å². The molecule has 1 saturated heterocycles. The molecule has 47 heavy (non-hydrogen) atoms. The molecule has 6 N–H and O–H groups in total. The minimum Gasteiger partial charge on any atom is -0.410 e. The number of amides is 5. The highest BCUT2D eigenvalue weighted by Gasteiger charge is 2.57. The Labute approximate surface area is 273 Å². The highest BCUT2D eigenvalue weighted by Crippen LogP contribution is 2.50. The Bertz CT molecular complexity index is 1640. The number of nitrogens with one attached hydrogen (secondary N) is 5. The van der Waals surface area contributed by atoms with E-state index >= 15 is 0 Å². The topological polar surface area (TPSA) is 189 Å². The Morgan fingerprint density at radius 2 is 1.87 bits per heavy atom. The first-order valence-electron chi connectivity index (χ1n) is 15.5. The molecule has 13 nitrogen and oxygen atoms in total. The third kappa shape index (κ3) is 6.55. The number of benzene rings is 1. The zero-order valence-electron chi connectivity index (χ0n) is 25.7. The van der Waals surface area contributed by atoms with Gasteiger partial charge in [0.25, 0.3) is 11.8 Å². The molecule has 2 heterocycles. The summed E-state index contributed by atoms with van der Waals surface area (Å²) in [7, 11) is 0. The number of fused-ring (bicyclic) bond motifs is 1.